The number of rotatable bonds is 0. The zero-order valence-corrected chi connectivity index (χ0v) is 6.40. The normalized spacial score (nSPS) is 10.0. The fraction of sp³-hybridized carbons (Fsp3) is 0. The van der Waals surface area contributed by atoms with Crippen molar-refractivity contribution in [3.8, 4) is 0 Å². The van der Waals surface area contributed by atoms with Crippen molar-refractivity contribution in [1.29, 1.82) is 0 Å². The Morgan fingerprint density at radius 3 is 2.58 bits per heavy atom. The van der Waals surface area contributed by atoms with Crippen molar-refractivity contribution < 1.29 is 0 Å². The van der Waals surface area contributed by atoms with E-state index in [-0.39, 0.29) is 5.56 Å². The number of hydrogen-bond donors (Lipinski definition) is 0. The van der Waals surface area contributed by atoms with E-state index in [0.717, 1.165) is 10.9 Å². The largest absolute Gasteiger partial charge is 0.270 e. The highest BCUT2D eigenvalue weighted by Crippen LogP contribution is 2.05. The minimum Gasteiger partial charge on any atom is -0.267 e. The molecule has 0 unspecified atom stereocenters. The van der Waals surface area contributed by atoms with Crippen molar-refractivity contribution in [3.63, 3.8) is 0 Å². The summed E-state index contributed by atoms with van der Waals surface area (Å²) in [5, 5.41) is 0.986. The Hall–Kier alpha value is -1.70. The van der Waals surface area contributed by atoms with Gasteiger partial charge in [0.1, 0.15) is 0 Å². The Labute approximate surface area is 69.5 Å². The molecule has 0 aliphatic rings. The van der Waals surface area contributed by atoms with Crippen LogP contribution in [0.1, 0.15) is 0 Å². The molecule has 1 aromatic carbocycles. The second-order valence-corrected chi connectivity index (χ2v) is 2.53. The summed E-state index contributed by atoms with van der Waals surface area (Å²) >= 11 is 0. The van der Waals surface area contributed by atoms with E-state index in [4.69, 9.17) is 0 Å². The maximum Gasteiger partial charge on any atom is 0.270 e. The lowest BCUT2D eigenvalue weighted by Gasteiger charge is -1.86. The van der Waals surface area contributed by atoms with E-state index in [2.05, 4.69) is 4.98 Å². The van der Waals surface area contributed by atoms with E-state index in [1.54, 1.807) is 6.07 Å². The summed E-state index contributed by atoms with van der Waals surface area (Å²) in [6.07, 6.45) is 0. The number of aromatic nitrogens is 1. The quantitative estimate of drug-likeness (QED) is 0.581. The maximum atomic E-state index is 11.0. The summed E-state index contributed by atoms with van der Waals surface area (Å²) in [6, 6.07) is 12.6. The summed E-state index contributed by atoms with van der Waals surface area (Å²) in [5.74, 6) is 0. The monoisotopic (exact) mass is 157 g/mol. The van der Waals surface area contributed by atoms with Crippen molar-refractivity contribution in [3.05, 3.63) is 52.8 Å². The first-order chi connectivity index (χ1) is 5.86. The second-order valence-electron chi connectivity index (χ2n) is 2.53. The highest BCUT2D eigenvalue weighted by Gasteiger charge is 1.89. The van der Waals surface area contributed by atoms with Gasteiger partial charge in [-0.3, -0.25) is 4.79 Å². The minimum atomic E-state index is -0.198. The summed E-state index contributed by atoms with van der Waals surface area (Å²) in [6.45, 7) is 0. The van der Waals surface area contributed by atoms with Gasteiger partial charge in [0.2, 0.25) is 0 Å². The molecule has 1 heterocycles. The van der Waals surface area contributed by atoms with Crippen LogP contribution in [0.4, 0.5) is 0 Å². The molecule has 2 nitrogen and oxygen atoms in total. The fourth-order valence-electron chi connectivity index (χ4n) is 1.12. The summed E-state index contributed by atoms with van der Waals surface area (Å²) < 4.78 is 0. The zero-order chi connectivity index (χ0) is 8.39. The molecule has 0 aliphatic heterocycles. The third kappa shape index (κ3) is 1.19. The number of nitrogens with zero attached hydrogens (tertiary/aromatic N) is 1. The Kier molecular flexibility index (Phi) is 1.59. The van der Waals surface area contributed by atoms with Crippen LogP contribution >= 0.6 is 0 Å². The van der Waals surface area contributed by atoms with Crippen molar-refractivity contribution in [1.82, 2.24) is 4.98 Å². The maximum absolute atomic E-state index is 11.0. The van der Waals surface area contributed by atoms with E-state index >= 15 is 0 Å². The first kappa shape index (κ1) is 6.98. The van der Waals surface area contributed by atoms with Gasteiger partial charge in [-0.05, 0) is 6.07 Å². The standard InChI is InChI=1S/C10H7NO/c12-10-7-3-5-8-4-1-2-6-9(8)11-10/h1-7H. The molecule has 0 N–H and O–H groups in total. The van der Waals surface area contributed by atoms with E-state index < -0.39 is 0 Å². The smallest absolute Gasteiger partial charge is 0.267 e. The van der Waals surface area contributed by atoms with Gasteiger partial charge >= 0.3 is 0 Å². The Morgan fingerprint density at radius 2 is 1.67 bits per heavy atom. The van der Waals surface area contributed by atoms with Crippen LogP contribution in [0.3, 0.4) is 0 Å². The van der Waals surface area contributed by atoms with Gasteiger partial charge in [0, 0.05) is 11.5 Å². The van der Waals surface area contributed by atoms with E-state index in [1.807, 2.05) is 30.3 Å². The second kappa shape index (κ2) is 2.74. The molecule has 12 heavy (non-hydrogen) atoms. The van der Waals surface area contributed by atoms with Crippen LogP contribution in [-0.4, -0.2) is 4.98 Å². The molecule has 0 radical (unpaired) electrons. The number of benzene rings is 1. The van der Waals surface area contributed by atoms with Crippen molar-refractivity contribution >= 4 is 10.9 Å². The molecule has 0 saturated heterocycles. The van der Waals surface area contributed by atoms with Gasteiger partial charge < -0.3 is 0 Å². The molecule has 0 amide bonds. The third-order valence-corrected chi connectivity index (χ3v) is 1.68. The average Bonchev–Trinajstić information content (AvgIpc) is 2.25. The van der Waals surface area contributed by atoms with Gasteiger partial charge in [0.25, 0.3) is 5.56 Å². The number of para-hydroxylation sites is 1. The van der Waals surface area contributed by atoms with Gasteiger partial charge in [0.05, 0.1) is 5.52 Å². The van der Waals surface area contributed by atoms with Crippen LogP contribution in [-0.2, 0) is 0 Å². The van der Waals surface area contributed by atoms with Gasteiger partial charge in [-0.15, -0.1) is 0 Å². The summed E-state index contributed by atoms with van der Waals surface area (Å²) in [5.41, 5.74) is 0.545. The van der Waals surface area contributed by atoms with Crippen LogP contribution in [0.5, 0.6) is 0 Å². The SMILES string of the molecule is O=c1cccc2ccccc2n1. The average molecular weight is 157 g/mol. The number of fused-ring (bicyclic) bond motifs is 1. The highest BCUT2D eigenvalue weighted by atomic mass is 16.1. The minimum absolute atomic E-state index is 0.198. The molecule has 1 aromatic heterocycles. The van der Waals surface area contributed by atoms with Crippen LogP contribution in [0.25, 0.3) is 10.9 Å². The predicted molar refractivity (Wildman–Crippen MR) is 48.0 cm³/mol. The lowest BCUT2D eigenvalue weighted by Crippen LogP contribution is -1.97. The molecular weight excluding hydrogens is 150 g/mol. The lowest BCUT2D eigenvalue weighted by atomic mass is 10.2. The van der Waals surface area contributed by atoms with Gasteiger partial charge in [-0.25, -0.2) is 4.98 Å². The van der Waals surface area contributed by atoms with Crippen LogP contribution < -0.4 is 5.56 Å². The molecule has 2 heteroatoms. The molecule has 0 bridgehead atoms. The van der Waals surface area contributed by atoms with Crippen LogP contribution in [0.2, 0.25) is 0 Å². The fourth-order valence-corrected chi connectivity index (χ4v) is 1.12. The molecule has 0 fully saturated rings. The molecule has 58 valence electrons. The topological polar surface area (TPSA) is 30.0 Å². The molecule has 2 rings (SSSR count). The molecule has 0 saturated carbocycles. The van der Waals surface area contributed by atoms with E-state index in [9.17, 15) is 4.79 Å². The third-order valence-electron chi connectivity index (χ3n) is 1.68. The molecule has 0 atom stereocenters. The summed E-state index contributed by atoms with van der Waals surface area (Å²) in [7, 11) is 0. The molecule has 2 aromatic rings. The van der Waals surface area contributed by atoms with Gasteiger partial charge in [-0.1, -0.05) is 30.3 Å². The highest BCUT2D eigenvalue weighted by molar-refractivity contribution is 5.77. The Morgan fingerprint density at radius 1 is 0.917 bits per heavy atom. The van der Waals surface area contributed by atoms with Gasteiger partial charge in [0.15, 0.2) is 0 Å². The number of hydrogen-bond acceptors (Lipinski definition) is 2. The summed E-state index contributed by atoms with van der Waals surface area (Å²) in [4.78, 5) is 14.9. The zero-order valence-electron chi connectivity index (χ0n) is 6.40. The van der Waals surface area contributed by atoms with Crippen molar-refractivity contribution in [2.75, 3.05) is 0 Å². The molecule has 0 aliphatic carbocycles. The predicted octanol–water partition coefficient (Wildman–Crippen LogP) is 1.59. The van der Waals surface area contributed by atoms with Crippen LogP contribution in [0.15, 0.2) is 47.3 Å². The molecular formula is C10H7NO. The Bertz CT molecular complexity index is 465. The lowest BCUT2D eigenvalue weighted by molar-refractivity contribution is 1.33. The van der Waals surface area contributed by atoms with Crippen molar-refractivity contribution in [2.24, 2.45) is 0 Å². The van der Waals surface area contributed by atoms with Gasteiger partial charge in [-0.2, -0.15) is 0 Å². The Balaban J connectivity index is 2.98. The van der Waals surface area contributed by atoms with Crippen LogP contribution in [0, 0.1) is 0 Å². The van der Waals surface area contributed by atoms with E-state index in [0.29, 0.717) is 0 Å². The first-order valence-electron chi connectivity index (χ1n) is 3.72. The molecule has 0 spiro atoms. The van der Waals surface area contributed by atoms with E-state index in [1.165, 1.54) is 6.07 Å². The van der Waals surface area contributed by atoms with Crippen molar-refractivity contribution in [2.45, 2.75) is 0 Å². The first-order valence-corrected chi connectivity index (χ1v) is 3.72.